The first kappa shape index (κ1) is 17.9. The van der Waals surface area contributed by atoms with Crippen molar-refractivity contribution in [3.05, 3.63) is 76.5 Å². The molecule has 4 nitrogen and oxygen atoms in total. The number of benzene rings is 2. The number of hydrogen-bond acceptors (Lipinski definition) is 3. The van der Waals surface area contributed by atoms with E-state index in [-0.39, 0.29) is 11.7 Å². The number of nitrogens with one attached hydrogen (secondary N) is 1. The molecule has 128 valence electrons. The molecule has 7 heteroatoms. The molecule has 0 unspecified atom stereocenters. The summed E-state index contributed by atoms with van der Waals surface area (Å²) in [5.41, 5.74) is 1.82. The lowest BCUT2D eigenvalue weighted by atomic mass is 10.2. The van der Waals surface area contributed by atoms with Gasteiger partial charge in [0, 0.05) is 28.0 Å². The summed E-state index contributed by atoms with van der Waals surface area (Å²) >= 11 is 13.4. The van der Waals surface area contributed by atoms with Gasteiger partial charge in [0.25, 0.3) is 0 Å². The van der Waals surface area contributed by atoms with E-state index in [4.69, 9.17) is 23.2 Å². The van der Waals surface area contributed by atoms with Crippen molar-refractivity contribution in [2.45, 2.75) is 11.4 Å². The fourth-order valence-electron chi connectivity index (χ4n) is 2.26. The summed E-state index contributed by atoms with van der Waals surface area (Å²) in [6.45, 7) is 0.656. The second-order valence-electron chi connectivity index (χ2n) is 5.32. The first-order chi connectivity index (χ1) is 12.1. The number of thioether (sulfide) groups is 1. The van der Waals surface area contributed by atoms with Gasteiger partial charge in [-0.3, -0.25) is 9.48 Å². The molecule has 0 atom stereocenters. The molecule has 0 aliphatic heterocycles. The molecule has 0 radical (unpaired) electrons. The zero-order chi connectivity index (χ0) is 17.6. The summed E-state index contributed by atoms with van der Waals surface area (Å²) < 4.78 is 1.83. The lowest BCUT2D eigenvalue weighted by Crippen LogP contribution is -2.14. The molecule has 1 amide bonds. The smallest absolute Gasteiger partial charge is 0.234 e. The largest absolute Gasteiger partial charge is 0.325 e. The second kappa shape index (κ2) is 8.43. The van der Waals surface area contributed by atoms with Crippen LogP contribution in [0, 0.1) is 0 Å². The van der Waals surface area contributed by atoms with E-state index in [1.165, 1.54) is 11.8 Å². The SMILES string of the molecule is O=C(CSc1cc(Cl)ccc1Cl)Nc1cccc(Cn2cccn2)c1. The van der Waals surface area contributed by atoms with E-state index in [9.17, 15) is 4.79 Å². The van der Waals surface area contributed by atoms with Gasteiger partial charge in [-0.15, -0.1) is 11.8 Å². The summed E-state index contributed by atoms with van der Waals surface area (Å²) in [6, 6.07) is 14.8. The molecule has 0 saturated heterocycles. The maximum Gasteiger partial charge on any atom is 0.234 e. The van der Waals surface area contributed by atoms with Gasteiger partial charge in [0.15, 0.2) is 0 Å². The van der Waals surface area contributed by atoms with Crippen LogP contribution in [0.4, 0.5) is 5.69 Å². The van der Waals surface area contributed by atoms with Crippen LogP contribution in [0.5, 0.6) is 0 Å². The molecule has 0 spiro atoms. The highest BCUT2D eigenvalue weighted by Crippen LogP contribution is 2.29. The minimum absolute atomic E-state index is 0.0997. The topological polar surface area (TPSA) is 46.9 Å². The molecule has 0 bridgehead atoms. The van der Waals surface area contributed by atoms with E-state index in [1.807, 2.05) is 41.2 Å². The fraction of sp³-hybridized carbons (Fsp3) is 0.111. The fourth-order valence-corrected chi connectivity index (χ4v) is 3.55. The highest BCUT2D eigenvalue weighted by atomic mass is 35.5. The van der Waals surface area contributed by atoms with Crippen LogP contribution >= 0.6 is 35.0 Å². The molecule has 0 aliphatic carbocycles. The summed E-state index contributed by atoms with van der Waals surface area (Å²) in [5.74, 6) is 0.154. The molecule has 25 heavy (non-hydrogen) atoms. The molecule has 0 saturated carbocycles. The van der Waals surface area contributed by atoms with Crippen LogP contribution in [0.3, 0.4) is 0 Å². The van der Waals surface area contributed by atoms with Crippen molar-refractivity contribution in [1.29, 1.82) is 0 Å². The Morgan fingerprint density at radius 1 is 1.16 bits per heavy atom. The molecule has 1 N–H and O–H groups in total. The zero-order valence-corrected chi connectivity index (χ0v) is 15.5. The molecule has 1 aromatic heterocycles. The lowest BCUT2D eigenvalue weighted by Gasteiger charge is -2.08. The number of carbonyl (C=O) groups is 1. The number of rotatable bonds is 6. The minimum atomic E-state index is -0.0997. The van der Waals surface area contributed by atoms with Crippen molar-refractivity contribution in [3.8, 4) is 0 Å². The lowest BCUT2D eigenvalue weighted by molar-refractivity contribution is -0.113. The predicted octanol–water partition coefficient (Wildman–Crippen LogP) is 4.97. The van der Waals surface area contributed by atoms with Crippen LogP contribution in [0.1, 0.15) is 5.56 Å². The third-order valence-corrected chi connectivity index (χ3v) is 5.10. The summed E-state index contributed by atoms with van der Waals surface area (Å²) in [5, 5.41) is 8.27. The van der Waals surface area contributed by atoms with Gasteiger partial charge in [-0.05, 0) is 42.0 Å². The molecule has 2 aromatic carbocycles. The molecule has 0 aliphatic rings. The molecule has 1 heterocycles. The highest BCUT2D eigenvalue weighted by molar-refractivity contribution is 8.00. The maximum absolute atomic E-state index is 12.2. The van der Waals surface area contributed by atoms with Gasteiger partial charge in [0.1, 0.15) is 0 Å². The quantitative estimate of drug-likeness (QED) is 0.603. The van der Waals surface area contributed by atoms with Crippen LogP contribution in [0.15, 0.2) is 65.8 Å². The van der Waals surface area contributed by atoms with Gasteiger partial charge in [-0.2, -0.15) is 5.10 Å². The van der Waals surface area contributed by atoms with E-state index in [2.05, 4.69) is 10.4 Å². The maximum atomic E-state index is 12.2. The normalized spacial score (nSPS) is 10.6. The number of carbonyl (C=O) groups excluding carboxylic acids is 1. The van der Waals surface area contributed by atoms with Crippen molar-refractivity contribution in [1.82, 2.24) is 9.78 Å². The van der Waals surface area contributed by atoms with Crippen molar-refractivity contribution in [2.24, 2.45) is 0 Å². The Balaban J connectivity index is 1.58. The molecule has 3 rings (SSSR count). The standard InChI is InChI=1S/C18H15Cl2N3OS/c19-14-5-6-16(20)17(10-14)25-12-18(24)22-15-4-1-3-13(9-15)11-23-8-2-7-21-23/h1-10H,11-12H2,(H,22,24). The van der Waals surface area contributed by atoms with E-state index in [0.29, 0.717) is 16.6 Å². The first-order valence-corrected chi connectivity index (χ1v) is 9.28. The van der Waals surface area contributed by atoms with Crippen molar-refractivity contribution >= 4 is 46.6 Å². The van der Waals surface area contributed by atoms with Crippen molar-refractivity contribution in [3.63, 3.8) is 0 Å². The molecular weight excluding hydrogens is 377 g/mol. The van der Waals surface area contributed by atoms with E-state index in [0.717, 1.165) is 16.1 Å². The number of hydrogen-bond donors (Lipinski definition) is 1. The zero-order valence-electron chi connectivity index (χ0n) is 13.2. The highest BCUT2D eigenvalue weighted by Gasteiger charge is 2.08. The van der Waals surface area contributed by atoms with E-state index >= 15 is 0 Å². The van der Waals surface area contributed by atoms with Gasteiger partial charge in [0.2, 0.25) is 5.91 Å². The van der Waals surface area contributed by atoms with Crippen LogP contribution in [-0.4, -0.2) is 21.4 Å². The Labute approximate surface area is 160 Å². The van der Waals surface area contributed by atoms with Crippen LogP contribution in [0.25, 0.3) is 0 Å². The molecule has 0 fully saturated rings. The van der Waals surface area contributed by atoms with E-state index in [1.54, 1.807) is 24.4 Å². The Morgan fingerprint density at radius 3 is 2.84 bits per heavy atom. The molecule has 3 aromatic rings. The van der Waals surface area contributed by atoms with Crippen molar-refractivity contribution < 1.29 is 4.79 Å². The number of amides is 1. The average Bonchev–Trinajstić information content (AvgIpc) is 3.09. The monoisotopic (exact) mass is 391 g/mol. The predicted molar refractivity (Wildman–Crippen MR) is 104 cm³/mol. The Morgan fingerprint density at radius 2 is 2.04 bits per heavy atom. The third kappa shape index (κ3) is 5.26. The minimum Gasteiger partial charge on any atom is -0.325 e. The first-order valence-electron chi connectivity index (χ1n) is 7.54. The number of aromatic nitrogens is 2. The number of halogens is 2. The summed E-state index contributed by atoms with van der Waals surface area (Å²) in [4.78, 5) is 13.0. The van der Waals surface area contributed by atoms with Crippen LogP contribution < -0.4 is 5.32 Å². The van der Waals surface area contributed by atoms with Gasteiger partial charge < -0.3 is 5.32 Å². The number of nitrogens with zero attached hydrogens (tertiary/aromatic N) is 2. The molecular formula is C18H15Cl2N3OS. The van der Waals surface area contributed by atoms with Crippen LogP contribution in [-0.2, 0) is 11.3 Å². The summed E-state index contributed by atoms with van der Waals surface area (Å²) in [7, 11) is 0. The Hall–Kier alpha value is -1.95. The van der Waals surface area contributed by atoms with Crippen LogP contribution in [0.2, 0.25) is 10.0 Å². The van der Waals surface area contributed by atoms with Gasteiger partial charge >= 0.3 is 0 Å². The third-order valence-electron chi connectivity index (χ3n) is 3.37. The van der Waals surface area contributed by atoms with Gasteiger partial charge in [0.05, 0.1) is 17.3 Å². The second-order valence-corrected chi connectivity index (χ2v) is 7.18. The van der Waals surface area contributed by atoms with Crippen molar-refractivity contribution in [2.75, 3.05) is 11.1 Å². The van der Waals surface area contributed by atoms with E-state index < -0.39 is 0 Å². The van der Waals surface area contributed by atoms with Gasteiger partial charge in [-0.25, -0.2) is 0 Å². The Bertz CT molecular complexity index is 869. The summed E-state index contributed by atoms with van der Waals surface area (Å²) in [6.07, 6.45) is 3.64. The number of anilines is 1. The van der Waals surface area contributed by atoms with Gasteiger partial charge in [-0.1, -0.05) is 35.3 Å². The Kier molecular flexibility index (Phi) is 6.02. The average molecular weight is 392 g/mol.